The first-order valence-corrected chi connectivity index (χ1v) is 5.88. The van der Waals surface area contributed by atoms with Gasteiger partial charge in [0.05, 0.1) is 6.10 Å². The van der Waals surface area contributed by atoms with Crippen molar-refractivity contribution in [1.82, 2.24) is 4.98 Å². The van der Waals surface area contributed by atoms with Crippen molar-refractivity contribution in [3.05, 3.63) is 64.4 Å². The van der Waals surface area contributed by atoms with E-state index in [2.05, 4.69) is 4.98 Å². The van der Waals surface area contributed by atoms with Crippen LogP contribution in [0.4, 0.5) is 0 Å². The molecular formula is C14H14ClNO. The number of nitrogens with zero attached hydrogens (tertiary/aromatic N) is 1. The monoisotopic (exact) mass is 247 g/mol. The number of benzene rings is 1. The smallest absolute Gasteiger partial charge is 0.0859 e. The highest BCUT2D eigenvalue weighted by Crippen LogP contribution is 2.26. The normalized spacial score (nSPS) is 12.4. The lowest BCUT2D eigenvalue weighted by atomic mass is 10.0. The Morgan fingerprint density at radius 2 is 2.12 bits per heavy atom. The second-order valence-electron chi connectivity index (χ2n) is 4.07. The average Bonchev–Trinajstić information content (AvgIpc) is 2.30. The topological polar surface area (TPSA) is 33.1 Å². The van der Waals surface area contributed by atoms with Crippen LogP contribution in [0.3, 0.4) is 0 Å². The maximum absolute atomic E-state index is 10.1. The number of aliphatic hydroxyl groups excluding tert-OH is 1. The summed E-state index contributed by atoms with van der Waals surface area (Å²) >= 11 is 6.11. The van der Waals surface area contributed by atoms with Gasteiger partial charge in [0.15, 0.2) is 0 Å². The minimum atomic E-state index is -0.613. The third-order valence-corrected chi connectivity index (χ3v) is 2.97. The molecule has 2 nitrogen and oxygen atoms in total. The van der Waals surface area contributed by atoms with Gasteiger partial charge in [-0.2, -0.15) is 0 Å². The number of aromatic nitrogens is 1. The predicted octanol–water partition coefficient (Wildman–Crippen LogP) is 3.32. The lowest BCUT2D eigenvalue weighted by molar-refractivity contribution is 0.177. The first-order chi connectivity index (χ1) is 8.16. The summed E-state index contributed by atoms with van der Waals surface area (Å²) in [5, 5.41) is 10.7. The minimum absolute atomic E-state index is 0.476. The lowest BCUT2D eigenvalue weighted by Crippen LogP contribution is -2.04. The Balaban J connectivity index is 2.17. The second kappa shape index (κ2) is 5.30. The van der Waals surface area contributed by atoms with Gasteiger partial charge in [0, 0.05) is 23.3 Å². The SMILES string of the molecule is Cc1ccc(C(O)Cc2ccccn2)c(Cl)c1. The zero-order valence-electron chi connectivity index (χ0n) is 9.60. The molecule has 0 aliphatic rings. The average molecular weight is 248 g/mol. The quantitative estimate of drug-likeness (QED) is 0.903. The van der Waals surface area contributed by atoms with E-state index in [1.54, 1.807) is 6.20 Å². The Hall–Kier alpha value is -1.38. The van der Waals surface area contributed by atoms with Crippen molar-refractivity contribution >= 4 is 11.6 Å². The largest absolute Gasteiger partial charge is 0.388 e. The van der Waals surface area contributed by atoms with E-state index in [-0.39, 0.29) is 0 Å². The van der Waals surface area contributed by atoms with Crippen molar-refractivity contribution in [2.24, 2.45) is 0 Å². The fourth-order valence-electron chi connectivity index (χ4n) is 1.73. The van der Waals surface area contributed by atoms with E-state index in [0.29, 0.717) is 11.4 Å². The Labute approximate surface area is 106 Å². The van der Waals surface area contributed by atoms with E-state index < -0.39 is 6.10 Å². The van der Waals surface area contributed by atoms with E-state index in [9.17, 15) is 5.11 Å². The molecule has 0 aliphatic carbocycles. The van der Waals surface area contributed by atoms with Crippen molar-refractivity contribution < 1.29 is 5.11 Å². The number of hydrogen-bond acceptors (Lipinski definition) is 2. The molecule has 1 unspecified atom stereocenters. The highest BCUT2D eigenvalue weighted by molar-refractivity contribution is 6.31. The summed E-state index contributed by atoms with van der Waals surface area (Å²) in [7, 11) is 0. The van der Waals surface area contributed by atoms with Crippen molar-refractivity contribution in [1.29, 1.82) is 0 Å². The van der Waals surface area contributed by atoms with Crippen LogP contribution in [0.2, 0.25) is 5.02 Å². The van der Waals surface area contributed by atoms with Gasteiger partial charge in [-0.1, -0.05) is 29.8 Å². The van der Waals surface area contributed by atoms with Crippen LogP contribution in [0.5, 0.6) is 0 Å². The molecule has 1 aromatic heterocycles. The number of aryl methyl sites for hydroxylation is 1. The molecule has 0 saturated carbocycles. The van der Waals surface area contributed by atoms with Crippen LogP contribution in [0.25, 0.3) is 0 Å². The van der Waals surface area contributed by atoms with Crippen molar-refractivity contribution in [3.8, 4) is 0 Å². The fourth-order valence-corrected chi connectivity index (χ4v) is 2.09. The van der Waals surface area contributed by atoms with Gasteiger partial charge in [-0.05, 0) is 36.2 Å². The fraction of sp³-hybridized carbons (Fsp3) is 0.214. The van der Waals surface area contributed by atoms with Crippen molar-refractivity contribution in [3.63, 3.8) is 0 Å². The van der Waals surface area contributed by atoms with Crippen molar-refractivity contribution in [2.45, 2.75) is 19.4 Å². The summed E-state index contributed by atoms with van der Waals surface area (Å²) in [4.78, 5) is 4.19. The van der Waals surface area contributed by atoms with Gasteiger partial charge in [-0.25, -0.2) is 0 Å². The summed E-state index contributed by atoms with van der Waals surface area (Å²) in [5.74, 6) is 0. The first-order valence-electron chi connectivity index (χ1n) is 5.51. The van der Waals surface area contributed by atoms with Gasteiger partial charge in [0.1, 0.15) is 0 Å². The molecule has 0 radical (unpaired) electrons. The number of hydrogen-bond donors (Lipinski definition) is 1. The first kappa shape index (κ1) is 12.1. The molecule has 1 N–H and O–H groups in total. The molecule has 0 fully saturated rings. The summed E-state index contributed by atoms with van der Waals surface area (Å²) in [6.45, 7) is 1.97. The molecule has 0 saturated heterocycles. The van der Waals surface area contributed by atoms with Gasteiger partial charge < -0.3 is 5.11 Å². The zero-order chi connectivity index (χ0) is 12.3. The number of pyridine rings is 1. The maximum atomic E-state index is 10.1. The highest BCUT2D eigenvalue weighted by atomic mass is 35.5. The Bertz CT molecular complexity index is 499. The third kappa shape index (κ3) is 3.05. The van der Waals surface area contributed by atoms with Crippen LogP contribution < -0.4 is 0 Å². The lowest BCUT2D eigenvalue weighted by Gasteiger charge is -2.12. The van der Waals surface area contributed by atoms with Crippen LogP contribution in [-0.4, -0.2) is 10.1 Å². The summed E-state index contributed by atoms with van der Waals surface area (Å²) in [6.07, 6.45) is 1.58. The van der Waals surface area contributed by atoms with Gasteiger partial charge in [0.25, 0.3) is 0 Å². The van der Waals surface area contributed by atoms with E-state index >= 15 is 0 Å². The molecule has 0 spiro atoms. The van der Waals surface area contributed by atoms with E-state index in [1.165, 1.54) is 0 Å². The van der Waals surface area contributed by atoms with E-state index in [1.807, 2.05) is 43.3 Å². The van der Waals surface area contributed by atoms with Crippen LogP contribution in [0.1, 0.15) is 22.9 Å². The highest BCUT2D eigenvalue weighted by Gasteiger charge is 2.12. The molecule has 1 atom stereocenters. The molecule has 1 aromatic carbocycles. The Morgan fingerprint density at radius 3 is 2.76 bits per heavy atom. The van der Waals surface area contributed by atoms with Crippen LogP contribution in [0.15, 0.2) is 42.6 Å². The zero-order valence-corrected chi connectivity index (χ0v) is 10.4. The maximum Gasteiger partial charge on any atom is 0.0859 e. The number of halogens is 1. The molecule has 17 heavy (non-hydrogen) atoms. The van der Waals surface area contributed by atoms with Crippen molar-refractivity contribution in [2.75, 3.05) is 0 Å². The van der Waals surface area contributed by atoms with Gasteiger partial charge >= 0.3 is 0 Å². The van der Waals surface area contributed by atoms with Crippen LogP contribution in [0, 0.1) is 6.92 Å². The second-order valence-corrected chi connectivity index (χ2v) is 4.47. The molecule has 0 amide bonds. The summed E-state index contributed by atoms with van der Waals surface area (Å²) in [5.41, 5.74) is 2.70. The summed E-state index contributed by atoms with van der Waals surface area (Å²) < 4.78 is 0. The molecule has 3 heteroatoms. The summed E-state index contributed by atoms with van der Waals surface area (Å²) in [6, 6.07) is 11.3. The Kier molecular flexibility index (Phi) is 3.77. The molecule has 2 aromatic rings. The van der Waals surface area contributed by atoms with E-state index in [0.717, 1.165) is 16.8 Å². The molecule has 0 bridgehead atoms. The molecule has 2 rings (SSSR count). The van der Waals surface area contributed by atoms with Gasteiger partial charge in [-0.3, -0.25) is 4.98 Å². The minimum Gasteiger partial charge on any atom is -0.388 e. The van der Waals surface area contributed by atoms with Crippen LogP contribution in [-0.2, 0) is 6.42 Å². The van der Waals surface area contributed by atoms with Crippen LogP contribution >= 0.6 is 11.6 Å². The third-order valence-electron chi connectivity index (χ3n) is 2.64. The molecular weight excluding hydrogens is 234 g/mol. The molecule has 0 aliphatic heterocycles. The predicted molar refractivity (Wildman–Crippen MR) is 69.1 cm³/mol. The number of rotatable bonds is 3. The van der Waals surface area contributed by atoms with E-state index in [4.69, 9.17) is 11.6 Å². The molecule has 1 heterocycles. The van der Waals surface area contributed by atoms with Gasteiger partial charge in [0.2, 0.25) is 0 Å². The number of aliphatic hydroxyl groups is 1. The van der Waals surface area contributed by atoms with Gasteiger partial charge in [-0.15, -0.1) is 0 Å². The Morgan fingerprint density at radius 1 is 1.29 bits per heavy atom. The molecule has 88 valence electrons. The standard InChI is InChI=1S/C14H14ClNO/c1-10-5-6-12(13(15)8-10)14(17)9-11-4-2-3-7-16-11/h2-8,14,17H,9H2,1H3.